The molecule has 2 unspecified atom stereocenters. The van der Waals surface area contributed by atoms with Crippen LogP contribution in [-0.4, -0.2) is 0 Å². The quantitative estimate of drug-likeness (QED) is 0.236. The molecule has 7 aromatic rings. The SMILES string of the molecule is Cc1ccc(-p2c3ccccc3c3cc4c(cc32)c2ccccc2p4-c2ccc(C)cc2)cc1. The van der Waals surface area contributed by atoms with Crippen molar-refractivity contribution >= 4 is 57.1 Å². The molecule has 2 aromatic heterocycles. The first-order valence-corrected chi connectivity index (χ1v) is 14.5. The molecule has 2 atom stereocenters. The standard InChI is InChI=1S/C32H24P2/c1-21-11-15-23(16-12-21)33-29-9-5-3-7-25(29)27-20-32-28(19-31(27)33)26-8-4-6-10-30(26)34(32)24-17-13-22(2)14-18-24/h3-20H,1-2H3. The Kier molecular flexibility index (Phi) is 4.50. The van der Waals surface area contributed by atoms with Gasteiger partial charge in [0, 0.05) is 20.5 Å². The van der Waals surface area contributed by atoms with E-state index < -0.39 is 15.1 Å². The highest BCUT2D eigenvalue weighted by Gasteiger charge is 2.19. The summed E-state index contributed by atoms with van der Waals surface area (Å²) in [5.74, 6) is 0. The number of aryl methyl sites for hydroxylation is 2. The van der Waals surface area contributed by atoms with E-state index in [1.54, 1.807) is 0 Å². The van der Waals surface area contributed by atoms with E-state index in [1.165, 1.54) is 63.8 Å². The van der Waals surface area contributed by atoms with E-state index in [9.17, 15) is 0 Å². The van der Waals surface area contributed by atoms with Crippen LogP contribution in [0.1, 0.15) is 11.1 Å². The largest absolute Gasteiger partial charge is 0.0772 e. The van der Waals surface area contributed by atoms with Gasteiger partial charge in [-0.05, 0) is 58.1 Å². The van der Waals surface area contributed by atoms with Gasteiger partial charge in [-0.2, -0.15) is 0 Å². The Morgan fingerprint density at radius 2 is 0.765 bits per heavy atom. The summed E-state index contributed by atoms with van der Waals surface area (Å²) in [5.41, 5.74) is 2.64. The van der Waals surface area contributed by atoms with Crippen LogP contribution in [0.3, 0.4) is 0 Å². The first kappa shape index (κ1) is 20.1. The third kappa shape index (κ3) is 2.93. The fourth-order valence-corrected chi connectivity index (χ4v) is 10.6. The van der Waals surface area contributed by atoms with Crippen LogP contribution in [0.5, 0.6) is 0 Å². The highest BCUT2D eigenvalue weighted by molar-refractivity contribution is 7.69. The second kappa shape index (κ2) is 7.61. The molecule has 0 bridgehead atoms. The molecule has 0 amide bonds. The lowest BCUT2D eigenvalue weighted by Gasteiger charge is -2.06. The number of benzene rings is 5. The van der Waals surface area contributed by atoms with Gasteiger partial charge in [-0.1, -0.05) is 123 Å². The van der Waals surface area contributed by atoms with Crippen molar-refractivity contribution < 1.29 is 0 Å². The Bertz CT molecular complexity index is 1710. The van der Waals surface area contributed by atoms with Crippen LogP contribution >= 0.6 is 15.1 Å². The zero-order chi connectivity index (χ0) is 22.8. The molecule has 0 N–H and O–H groups in total. The Hall–Kier alpha value is -3.30. The maximum Gasteiger partial charge on any atom is 0.00751 e. The first-order chi connectivity index (χ1) is 16.7. The van der Waals surface area contributed by atoms with Crippen molar-refractivity contribution in [2.45, 2.75) is 13.8 Å². The molecule has 34 heavy (non-hydrogen) atoms. The predicted molar refractivity (Wildman–Crippen MR) is 154 cm³/mol. The molecule has 0 spiro atoms. The molecule has 0 nitrogen and oxygen atoms in total. The lowest BCUT2D eigenvalue weighted by molar-refractivity contribution is 1.49. The van der Waals surface area contributed by atoms with Gasteiger partial charge < -0.3 is 0 Å². The topological polar surface area (TPSA) is 0 Å². The minimum atomic E-state index is -0.546. The monoisotopic (exact) mass is 470 g/mol. The predicted octanol–water partition coefficient (Wildman–Crippen LogP) is 10.9. The summed E-state index contributed by atoms with van der Waals surface area (Å²) in [5, 5.41) is 14.6. The van der Waals surface area contributed by atoms with Crippen molar-refractivity contribution in [1.29, 1.82) is 0 Å². The van der Waals surface area contributed by atoms with E-state index in [4.69, 9.17) is 0 Å². The number of fused-ring (bicyclic) bond motifs is 6. The van der Waals surface area contributed by atoms with Gasteiger partial charge in [0.05, 0.1) is 0 Å². The molecule has 2 heteroatoms. The fourth-order valence-electron chi connectivity index (χ4n) is 5.37. The van der Waals surface area contributed by atoms with Gasteiger partial charge in [0.25, 0.3) is 0 Å². The maximum absolute atomic E-state index is 2.55. The van der Waals surface area contributed by atoms with E-state index in [1.807, 2.05) is 0 Å². The van der Waals surface area contributed by atoms with Gasteiger partial charge in [-0.3, -0.25) is 0 Å². The summed E-state index contributed by atoms with van der Waals surface area (Å²) in [6.45, 7) is 4.34. The first-order valence-electron chi connectivity index (χ1n) is 11.8. The summed E-state index contributed by atoms with van der Waals surface area (Å²) < 4.78 is 0. The summed E-state index contributed by atoms with van der Waals surface area (Å²) in [6.07, 6.45) is 0. The molecule has 0 saturated heterocycles. The average molecular weight is 470 g/mol. The van der Waals surface area contributed by atoms with Crippen molar-refractivity contribution in [1.82, 2.24) is 0 Å². The molecule has 0 aliphatic heterocycles. The zero-order valence-corrected chi connectivity index (χ0v) is 21.1. The van der Waals surface area contributed by atoms with Crippen molar-refractivity contribution in [2.24, 2.45) is 0 Å². The van der Waals surface area contributed by atoms with Crippen molar-refractivity contribution in [3.8, 4) is 10.6 Å². The molecule has 162 valence electrons. The third-order valence-corrected chi connectivity index (χ3v) is 12.1. The zero-order valence-electron chi connectivity index (χ0n) is 19.3. The highest BCUT2D eigenvalue weighted by atomic mass is 31.1. The molecule has 0 radical (unpaired) electrons. The van der Waals surface area contributed by atoms with Gasteiger partial charge >= 0.3 is 0 Å². The minimum Gasteiger partial charge on any atom is -0.0772 e. The summed E-state index contributed by atoms with van der Waals surface area (Å²) in [6, 6.07) is 41.7. The fraction of sp³-hybridized carbons (Fsp3) is 0.0625. The van der Waals surface area contributed by atoms with Crippen LogP contribution in [-0.2, 0) is 0 Å². The summed E-state index contributed by atoms with van der Waals surface area (Å²) in [4.78, 5) is 0. The normalized spacial score (nSPS) is 12.9. The van der Waals surface area contributed by atoms with Gasteiger partial charge in [-0.15, -0.1) is 0 Å². The summed E-state index contributed by atoms with van der Waals surface area (Å²) in [7, 11) is -1.09. The highest BCUT2D eigenvalue weighted by Crippen LogP contribution is 2.60. The van der Waals surface area contributed by atoms with Crippen molar-refractivity contribution in [3.63, 3.8) is 0 Å². The third-order valence-electron chi connectivity index (χ3n) is 7.05. The van der Waals surface area contributed by atoms with E-state index in [0.717, 1.165) is 0 Å². The van der Waals surface area contributed by atoms with Crippen molar-refractivity contribution in [2.75, 3.05) is 0 Å². The maximum atomic E-state index is 2.55. The van der Waals surface area contributed by atoms with Crippen LogP contribution < -0.4 is 0 Å². The molecule has 2 heterocycles. The van der Waals surface area contributed by atoms with Crippen LogP contribution in [0.2, 0.25) is 0 Å². The van der Waals surface area contributed by atoms with E-state index in [0.29, 0.717) is 0 Å². The van der Waals surface area contributed by atoms with E-state index in [2.05, 4.69) is 123 Å². The van der Waals surface area contributed by atoms with Crippen LogP contribution in [0.4, 0.5) is 0 Å². The second-order valence-corrected chi connectivity index (χ2v) is 13.6. The molecule has 0 aliphatic rings. The molecular weight excluding hydrogens is 446 g/mol. The molecule has 0 aliphatic carbocycles. The van der Waals surface area contributed by atoms with Crippen LogP contribution in [0.25, 0.3) is 52.6 Å². The van der Waals surface area contributed by atoms with Crippen LogP contribution in [0.15, 0.2) is 109 Å². The molecular formula is C32H24P2. The lowest BCUT2D eigenvalue weighted by atomic mass is 10.1. The number of hydrogen-bond donors (Lipinski definition) is 0. The average Bonchev–Trinajstić information content (AvgIpc) is 3.36. The molecule has 7 rings (SSSR count). The smallest absolute Gasteiger partial charge is 0.00751 e. The number of hydrogen-bond acceptors (Lipinski definition) is 0. The Morgan fingerprint density at radius 3 is 1.18 bits per heavy atom. The van der Waals surface area contributed by atoms with E-state index in [-0.39, 0.29) is 0 Å². The van der Waals surface area contributed by atoms with Crippen molar-refractivity contribution in [3.05, 3.63) is 120 Å². The van der Waals surface area contributed by atoms with Gasteiger partial charge in [0.15, 0.2) is 0 Å². The molecule has 0 saturated carbocycles. The Morgan fingerprint density at radius 1 is 0.382 bits per heavy atom. The Labute approximate surface area is 201 Å². The van der Waals surface area contributed by atoms with Crippen LogP contribution in [0, 0.1) is 13.8 Å². The van der Waals surface area contributed by atoms with Gasteiger partial charge in [0.1, 0.15) is 0 Å². The van der Waals surface area contributed by atoms with Gasteiger partial charge in [0.2, 0.25) is 0 Å². The molecule has 5 aromatic carbocycles. The number of rotatable bonds is 2. The second-order valence-electron chi connectivity index (χ2n) is 9.26. The summed E-state index contributed by atoms with van der Waals surface area (Å²) >= 11 is 0. The lowest BCUT2D eigenvalue weighted by Crippen LogP contribution is -1.72. The van der Waals surface area contributed by atoms with Gasteiger partial charge in [-0.25, -0.2) is 0 Å². The molecule has 0 fully saturated rings. The Balaban J connectivity index is 1.66. The van der Waals surface area contributed by atoms with E-state index >= 15 is 0 Å². The minimum absolute atomic E-state index is 0.546.